The van der Waals surface area contributed by atoms with Crippen LogP contribution in [0.2, 0.25) is 0 Å². The molecule has 1 atom stereocenters. The van der Waals surface area contributed by atoms with E-state index >= 15 is 0 Å². The lowest BCUT2D eigenvalue weighted by molar-refractivity contribution is -0.144. The highest BCUT2D eigenvalue weighted by molar-refractivity contribution is 5.70. The SMILES string of the molecule is CCOC(=O)CC(c1c(C)cccc1C)N(C)C. The maximum absolute atomic E-state index is 11.7. The van der Waals surface area contributed by atoms with Crippen LogP contribution in [0.5, 0.6) is 0 Å². The smallest absolute Gasteiger partial charge is 0.307 e. The molecule has 0 aliphatic rings. The molecule has 0 radical (unpaired) electrons. The Balaban J connectivity index is 3.01. The number of aryl methyl sites for hydroxylation is 2. The summed E-state index contributed by atoms with van der Waals surface area (Å²) in [5.74, 6) is -0.140. The number of hydrogen-bond acceptors (Lipinski definition) is 3. The number of benzene rings is 1. The first-order valence-corrected chi connectivity index (χ1v) is 6.35. The molecule has 0 bridgehead atoms. The van der Waals surface area contributed by atoms with Gasteiger partial charge in [-0.1, -0.05) is 18.2 Å². The van der Waals surface area contributed by atoms with Crippen LogP contribution in [0.15, 0.2) is 18.2 Å². The summed E-state index contributed by atoms with van der Waals surface area (Å²) in [4.78, 5) is 13.8. The molecule has 18 heavy (non-hydrogen) atoms. The lowest BCUT2D eigenvalue weighted by Gasteiger charge is -2.27. The van der Waals surface area contributed by atoms with E-state index in [-0.39, 0.29) is 12.0 Å². The van der Waals surface area contributed by atoms with Gasteiger partial charge in [0.2, 0.25) is 0 Å². The van der Waals surface area contributed by atoms with E-state index in [9.17, 15) is 4.79 Å². The van der Waals surface area contributed by atoms with Gasteiger partial charge in [0.25, 0.3) is 0 Å². The van der Waals surface area contributed by atoms with E-state index in [1.54, 1.807) is 0 Å². The molecule has 0 saturated carbocycles. The van der Waals surface area contributed by atoms with Crippen molar-refractivity contribution in [3.8, 4) is 0 Å². The number of carbonyl (C=O) groups excluding carboxylic acids is 1. The molecule has 0 fully saturated rings. The molecule has 1 unspecified atom stereocenters. The van der Waals surface area contributed by atoms with Crippen LogP contribution in [0.1, 0.15) is 36.1 Å². The van der Waals surface area contributed by atoms with Crippen molar-refractivity contribution in [2.75, 3.05) is 20.7 Å². The van der Waals surface area contributed by atoms with Crippen LogP contribution in [0.25, 0.3) is 0 Å². The quantitative estimate of drug-likeness (QED) is 0.751. The van der Waals surface area contributed by atoms with Crippen LogP contribution in [-0.4, -0.2) is 31.6 Å². The molecule has 100 valence electrons. The summed E-state index contributed by atoms with van der Waals surface area (Å²) in [6.07, 6.45) is 0.395. The fourth-order valence-electron chi connectivity index (χ4n) is 2.27. The predicted molar refractivity (Wildman–Crippen MR) is 73.6 cm³/mol. The molecule has 1 aromatic rings. The van der Waals surface area contributed by atoms with Crippen molar-refractivity contribution in [1.82, 2.24) is 4.90 Å². The van der Waals surface area contributed by atoms with Crippen LogP contribution in [0.3, 0.4) is 0 Å². The lowest BCUT2D eigenvalue weighted by Crippen LogP contribution is -2.25. The second kappa shape index (κ2) is 6.55. The molecule has 3 heteroatoms. The summed E-state index contributed by atoms with van der Waals surface area (Å²) in [6, 6.07) is 6.30. The predicted octanol–water partition coefficient (Wildman–Crippen LogP) is 2.86. The van der Waals surface area contributed by atoms with Crippen molar-refractivity contribution >= 4 is 5.97 Å². The molecule has 0 aliphatic heterocycles. The third-order valence-corrected chi connectivity index (χ3v) is 3.16. The third-order valence-electron chi connectivity index (χ3n) is 3.16. The highest BCUT2D eigenvalue weighted by Crippen LogP contribution is 2.28. The van der Waals surface area contributed by atoms with E-state index in [2.05, 4.69) is 30.9 Å². The Morgan fingerprint density at radius 2 is 1.83 bits per heavy atom. The van der Waals surface area contributed by atoms with Gasteiger partial charge in [-0.05, 0) is 51.6 Å². The minimum absolute atomic E-state index is 0.0743. The van der Waals surface area contributed by atoms with Crippen LogP contribution in [0, 0.1) is 13.8 Å². The summed E-state index contributed by atoms with van der Waals surface area (Å²) in [6.45, 7) is 6.45. The first-order chi connectivity index (χ1) is 8.47. The van der Waals surface area contributed by atoms with Gasteiger partial charge < -0.3 is 9.64 Å². The Morgan fingerprint density at radius 3 is 2.28 bits per heavy atom. The number of carbonyl (C=O) groups is 1. The summed E-state index contributed by atoms with van der Waals surface area (Å²) < 4.78 is 5.06. The maximum atomic E-state index is 11.7. The molecule has 0 amide bonds. The zero-order chi connectivity index (χ0) is 13.7. The van der Waals surface area contributed by atoms with Crippen molar-refractivity contribution in [2.45, 2.75) is 33.2 Å². The van der Waals surface area contributed by atoms with Crippen LogP contribution < -0.4 is 0 Å². The highest BCUT2D eigenvalue weighted by Gasteiger charge is 2.22. The first kappa shape index (κ1) is 14.7. The zero-order valence-corrected chi connectivity index (χ0v) is 12.0. The van der Waals surface area contributed by atoms with Crippen molar-refractivity contribution in [1.29, 1.82) is 0 Å². The van der Waals surface area contributed by atoms with Crippen LogP contribution >= 0.6 is 0 Å². The molecule has 3 nitrogen and oxygen atoms in total. The van der Waals surface area contributed by atoms with E-state index in [1.807, 2.05) is 27.1 Å². The highest BCUT2D eigenvalue weighted by atomic mass is 16.5. The van der Waals surface area contributed by atoms with Gasteiger partial charge in [0.1, 0.15) is 0 Å². The van der Waals surface area contributed by atoms with Crippen molar-refractivity contribution in [3.05, 3.63) is 34.9 Å². The lowest BCUT2D eigenvalue weighted by atomic mass is 9.93. The van der Waals surface area contributed by atoms with Crippen LogP contribution in [0.4, 0.5) is 0 Å². The molecule has 0 aliphatic carbocycles. The number of hydrogen-bond donors (Lipinski definition) is 0. The summed E-state index contributed by atoms with van der Waals surface area (Å²) in [7, 11) is 3.99. The molecule has 0 spiro atoms. The van der Waals surface area contributed by atoms with E-state index in [4.69, 9.17) is 4.74 Å². The van der Waals surface area contributed by atoms with Gasteiger partial charge in [-0.2, -0.15) is 0 Å². The Hall–Kier alpha value is -1.35. The maximum Gasteiger partial charge on any atom is 0.307 e. The fourth-order valence-corrected chi connectivity index (χ4v) is 2.27. The monoisotopic (exact) mass is 249 g/mol. The second-order valence-electron chi connectivity index (χ2n) is 4.79. The minimum atomic E-state index is -0.140. The number of rotatable bonds is 5. The van der Waals surface area contributed by atoms with Gasteiger partial charge >= 0.3 is 5.97 Å². The number of nitrogens with zero attached hydrogens (tertiary/aromatic N) is 1. The normalized spacial score (nSPS) is 12.6. The van der Waals surface area contributed by atoms with E-state index in [0.29, 0.717) is 13.0 Å². The van der Waals surface area contributed by atoms with Gasteiger partial charge in [-0.3, -0.25) is 4.79 Å². The Morgan fingerprint density at radius 1 is 1.28 bits per heavy atom. The molecule has 1 aromatic carbocycles. The van der Waals surface area contributed by atoms with Crippen molar-refractivity contribution in [3.63, 3.8) is 0 Å². The molecular formula is C15H23NO2. The molecule has 0 heterocycles. The molecule has 1 rings (SSSR count). The number of esters is 1. The largest absolute Gasteiger partial charge is 0.466 e. The van der Waals surface area contributed by atoms with Crippen molar-refractivity contribution < 1.29 is 9.53 Å². The Bertz CT molecular complexity index is 393. The van der Waals surface area contributed by atoms with Crippen LogP contribution in [-0.2, 0) is 9.53 Å². The topological polar surface area (TPSA) is 29.5 Å². The van der Waals surface area contributed by atoms with Gasteiger partial charge in [-0.15, -0.1) is 0 Å². The van der Waals surface area contributed by atoms with E-state index in [0.717, 1.165) is 0 Å². The Kier molecular flexibility index (Phi) is 5.35. The third kappa shape index (κ3) is 3.57. The summed E-state index contributed by atoms with van der Waals surface area (Å²) in [5, 5.41) is 0. The van der Waals surface area contributed by atoms with Gasteiger partial charge in [0, 0.05) is 6.04 Å². The summed E-state index contributed by atoms with van der Waals surface area (Å²) >= 11 is 0. The zero-order valence-electron chi connectivity index (χ0n) is 12.0. The second-order valence-corrected chi connectivity index (χ2v) is 4.79. The van der Waals surface area contributed by atoms with Gasteiger partial charge in [-0.25, -0.2) is 0 Å². The van der Waals surface area contributed by atoms with Gasteiger partial charge in [0.15, 0.2) is 0 Å². The van der Waals surface area contributed by atoms with Crippen molar-refractivity contribution in [2.24, 2.45) is 0 Å². The average molecular weight is 249 g/mol. The molecular weight excluding hydrogens is 226 g/mol. The van der Waals surface area contributed by atoms with Gasteiger partial charge in [0.05, 0.1) is 13.0 Å². The number of ether oxygens (including phenoxy) is 1. The first-order valence-electron chi connectivity index (χ1n) is 6.35. The van der Waals surface area contributed by atoms with E-state index < -0.39 is 0 Å². The molecule has 0 saturated heterocycles. The fraction of sp³-hybridized carbons (Fsp3) is 0.533. The van der Waals surface area contributed by atoms with E-state index in [1.165, 1.54) is 16.7 Å². The molecule has 0 aromatic heterocycles. The average Bonchev–Trinajstić information content (AvgIpc) is 2.27. The molecule has 0 N–H and O–H groups in total. The summed E-state index contributed by atoms with van der Waals surface area (Å²) in [5.41, 5.74) is 3.67. The minimum Gasteiger partial charge on any atom is -0.466 e. The Labute approximate surface area is 110 Å². The standard InChI is InChI=1S/C15H23NO2/c1-6-18-14(17)10-13(16(4)5)15-11(2)8-7-9-12(15)3/h7-9,13H,6,10H2,1-5H3.